The first-order valence-corrected chi connectivity index (χ1v) is 12.6. The van der Waals surface area contributed by atoms with Gasteiger partial charge in [0.15, 0.2) is 0 Å². The Morgan fingerprint density at radius 1 is 1.14 bits per heavy atom. The average molecular weight is 513 g/mol. The van der Waals surface area contributed by atoms with Crippen LogP contribution in [0.5, 0.6) is 0 Å². The molecule has 4 rings (SSSR count). The van der Waals surface area contributed by atoms with Gasteiger partial charge < -0.3 is 14.5 Å². The molecule has 0 spiro atoms. The molecule has 3 aromatic rings. The Kier molecular flexibility index (Phi) is 8.74. The van der Waals surface area contributed by atoms with Gasteiger partial charge in [0, 0.05) is 36.3 Å². The molecule has 2 heterocycles. The summed E-state index contributed by atoms with van der Waals surface area (Å²) in [6, 6.07) is 12.4. The molecule has 1 aliphatic heterocycles. The quantitative estimate of drug-likeness (QED) is 0.388. The normalized spacial score (nSPS) is 17.3. The molecular weight excluding hydrogens is 482 g/mol. The molecule has 1 saturated heterocycles. The highest BCUT2D eigenvalue weighted by molar-refractivity contribution is 7.81. The van der Waals surface area contributed by atoms with Gasteiger partial charge in [-0.25, -0.2) is 23.5 Å². The van der Waals surface area contributed by atoms with Crippen LogP contribution >= 0.6 is 12.6 Å². The van der Waals surface area contributed by atoms with Gasteiger partial charge >= 0.3 is 6.09 Å². The van der Waals surface area contributed by atoms with Gasteiger partial charge in [-0.2, -0.15) is 12.6 Å². The number of rotatable bonds is 9. The molecule has 2 unspecified atom stereocenters. The van der Waals surface area contributed by atoms with E-state index >= 15 is 0 Å². The van der Waals surface area contributed by atoms with Crippen molar-refractivity contribution in [2.45, 2.75) is 50.6 Å². The van der Waals surface area contributed by atoms with Crippen molar-refractivity contribution in [1.82, 2.24) is 14.9 Å². The second kappa shape index (κ2) is 12.2. The van der Waals surface area contributed by atoms with E-state index in [1.165, 1.54) is 4.90 Å². The highest BCUT2D eigenvalue weighted by atomic mass is 32.1. The molecule has 1 aromatic heterocycles. The molecule has 0 saturated carbocycles. The molecule has 190 valence electrons. The predicted octanol–water partition coefficient (Wildman–Crippen LogP) is 5.42. The minimum Gasteiger partial charge on any atom is -0.445 e. The SMILES string of the molecule is CCCc1cnc(N2CC(S)CC2CN(Cc2cc(F)ccc2F)C(=O)OCc2ccccc2)nc1. The van der Waals surface area contributed by atoms with E-state index in [9.17, 15) is 13.6 Å². The van der Waals surface area contributed by atoms with E-state index < -0.39 is 17.7 Å². The molecule has 36 heavy (non-hydrogen) atoms. The Balaban J connectivity index is 1.54. The van der Waals surface area contributed by atoms with Gasteiger partial charge in [0.1, 0.15) is 18.2 Å². The second-order valence-electron chi connectivity index (χ2n) is 8.99. The number of thiol groups is 1. The number of hydrogen-bond acceptors (Lipinski definition) is 6. The third-order valence-corrected chi connectivity index (χ3v) is 6.52. The van der Waals surface area contributed by atoms with Crippen LogP contribution in [0.25, 0.3) is 0 Å². The van der Waals surface area contributed by atoms with E-state index in [1.807, 2.05) is 47.6 Å². The van der Waals surface area contributed by atoms with Crippen LogP contribution in [0, 0.1) is 11.6 Å². The smallest absolute Gasteiger partial charge is 0.410 e. The van der Waals surface area contributed by atoms with Gasteiger partial charge in [-0.1, -0.05) is 43.7 Å². The van der Waals surface area contributed by atoms with Crippen molar-refractivity contribution in [3.05, 3.63) is 89.2 Å². The molecule has 6 nitrogen and oxygen atoms in total. The van der Waals surface area contributed by atoms with Crippen molar-refractivity contribution < 1.29 is 18.3 Å². The summed E-state index contributed by atoms with van der Waals surface area (Å²) in [6.45, 7) is 2.88. The number of carbonyl (C=O) groups is 1. The third-order valence-electron chi connectivity index (χ3n) is 6.14. The topological polar surface area (TPSA) is 58.6 Å². The molecule has 0 radical (unpaired) electrons. The number of nitrogens with zero attached hydrogens (tertiary/aromatic N) is 4. The number of benzene rings is 2. The molecule has 1 aliphatic rings. The maximum atomic E-state index is 14.5. The van der Waals surface area contributed by atoms with Crippen molar-refractivity contribution in [3.8, 4) is 0 Å². The number of aryl methyl sites for hydroxylation is 1. The first-order valence-electron chi connectivity index (χ1n) is 12.1. The molecule has 2 aromatic carbocycles. The Morgan fingerprint density at radius 3 is 2.61 bits per heavy atom. The van der Waals surface area contributed by atoms with E-state index in [4.69, 9.17) is 4.74 Å². The van der Waals surface area contributed by atoms with Gasteiger partial charge in [-0.3, -0.25) is 0 Å². The number of carbonyl (C=O) groups excluding carboxylic acids is 1. The van der Waals surface area contributed by atoms with Gasteiger partial charge in [-0.05, 0) is 42.2 Å². The van der Waals surface area contributed by atoms with Gasteiger partial charge in [-0.15, -0.1) is 0 Å². The van der Waals surface area contributed by atoms with Crippen LogP contribution in [0.3, 0.4) is 0 Å². The maximum Gasteiger partial charge on any atom is 0.410 e. The summed E-state index contributed by atoms with van der Waals surface area (Å²) in [5.74, 6) is -0.587. The molecule has 9 heteroatoms. The van der Waals surface area contributed by atoms with Crippen molar-refractivity contribution in [2.24, 2.45) is 0 Å². The molecule has 0 bridgehead atoms. The van der Waals surface area contributed by atoms with E-state index in [1.54, 1.807) is 0 Å². The van der Waals surface area contributed by atoms with Crippen LogP contribution in [0.4, 0.5) is 19.5 Å². The summed E-state index contributed by atoms with van der Waals surface area (Å²) < 4.78 is 33.9. The van der Waals surface area contributed by atoms with Gasteiger partial charge in [0.2, 0.25) is 5.95 Å². The first-order chi connectivity index (χ1) is 17.4. The van der Waals surface area contributed by atoms with Crippen molar-refractivity contribution in [2.75, 3.05) is 18.0 Å². The maximum absolute atomic E-state index is 14.5. The summed E-state index contributed by atoms with van der Waals surface area (Å²) in [5, 5.41) is 0.0574. The zero-order valence-electron chi connectivity index (χ0n) is 20.2. The lowest BCUT2D eigenvalue weighted by molar-refractivity contribution is 0.0910. The largest absolute Gasteiger partial charge is 0.445 e. The number of hydrogen-bond donors (Lipinski definition) is 1. The van der Waals surface area contributed by atoms with Crippen LogP contribution < -0.4 is 4.90 Å². The van der Waals surface area contributed by atoms with Gasteiger partial charge in [0.05, 0.1) is 12.6 Å². The first kappa shape index (κ1) is 25.9. The van der Waals surface area contributed by atoms with Crippen LogP contribution in [-0.2, 0) is 24.3 Å². The number of amides is 1. The highest BCUT2D eigenvalue weighted by Crippen LogP contribution is 2.27. The molecule has 0 N–H and O–H groups in total. The fraction of sp³-hybridized carbons (Fsp3) is 0.370. The Hall–Kier alpha value is -3.20. The van der Waals surface area contributed by atoms with E-state index in [-0.39, 0.29) is 36.6 Å². The number of ether oxygens (including phenoxy) is 1. The lowest BCUT2D eigenvalue weighted by Crippen LogP contribution is -2.43. The second-order valence-corrected chi connectivity index (χ2v) is 9.72. The monoisotopic (exact) mass is 512 g/mol. The zero-order valence-corrected chi connectivity index (χ0v) is 21.1. The van der Waals surface area contributed by atoms with E-state index in [2.05, 4.69) is 29.5 Å². The van der Waals surface area contributed by atoms with Crippen molar-refractivity contribution in [1.29, 1.82) is 0 Å². The minimum absolute atomic E-state index is 0.0574. The van der Waals surface area contributed by atoms with Crippen LogP contribution in [0.1, 0.15) is 36.5 Å². The molecule has 2 atom stereocenters. The standard InChI is InChI=1S/C27H30F2N4O2S/c1-2-6-20-13-30-26(31-14-20)33-17-24(36)12-23(33)16-32(15-21-11-22(28)9-10-25(21)29)27(34)35-18-19-7-4-3-5-8-19/h3-5,7-11,13-14,23-24,36H,2,6,12,15-18H2,1H3. The fourth-order valence-corrected chi connectivity index (χ4v) is 4.78. The summed E-state index contributed by atoms with van der Waals surface area (Å²) in [7, 11) is 0. The van der Waals surface area contributed by atoms with Gasteiger partial charge in [0.25, 0.3) is 0 Å². The summed E-state index contributed by atoms with van der Waals surface area (Å²) in [5.41, 5.74) is 1.98. The molecule has 1 fully saturated rings. The minimum atomic E-state index is -0.607. The fourth-order valence-electron chi connectivity index (χ4n) is 4.36. The number of halogens is 2. The van der Waals surface area contributed by atoms with Crippen LogP contribution in [-0.4, -0.2) is 45.3 Å². The van der Waals surface area contributed by atoms with Crippen LogP contribution in [0.2, 0.25) is 0 Å². The Morgan fingerprint density at radius 2 is 1.89 bits per heavy atom. The predicted molar refractivity (Wildman–Crippen MR) is 138 cm³/mol. The lowest BCUT2D eigenvalue weighted by Gasteiger charge is -2.30. The Labute approximate surface area is 215 Å². The summed E-state index contributed by atoms with van der Waals surface area (Å²) in [6.07, 6.45) is 5.62. The van der Waals surface area contributed by atoms with E-state index in [0.717, 1.165) is 42.2 Å². The van der Waals surface area contributed by atoms with Crippen molar-refractivity contribution in [3.63, 3.8) is 0 Å². The van der Waals surface area contributed by atoms with Crippen molar-refractivity contribution >= 4 is 24.7 Å². The number of aromatic nitrogens is 2. The summed E-state index contributed by atoms with van der Waals surface area (Å²) >= 11 is 4.67. The average Bonchev–Trinajstić information content (AvgIpc) is 3.25. The molecule has 0 aliphatic carbocycles. The molecule has 1 amide bonds. The summed E-state index contributed by atoms with van der Waals surface area (Å²) in [4.78, 5) is 25.7. The van der Waals surface area contributed by atoms with Crippen LogP contribution in [0.15, 0.2) is 60.9 Å². The van der Waals surface area contributed by atoms with E-state index in [0.29, 0.717) is 18.9 Å². The zero-order chi connectivity index (χ0) is 25.5. The highest BCUT2D eigenvalue weighted by Gasteiger charge is 2.35. The Bertz CT molecular complexity index is 1150. The number of anilines is 1. The third kappa shape index (κ3) is 6.72. The lowest BCUT2D eigenvalue weighted by atomic mass is 10.1. The molecular formula is C27H30F2N4O2S.